The van der Waals surface area contributed by atoms with E-state index in [1.165, 1.54) is 6.07 Å². The molecule has 3 heterocycles. The number of fused-ring (bicyclic) bond motifs is 1. The standard InChI is InChI=1S/C22H20FN5O2.ClH/c1-27-20-12-28(11-14(20)10-24-27)22(30)17-8-13(6-7-18(17)23)9-19-15-4-2-3-5-16(15)21(29)26-25-19;/h2-8,24H,9-12H2,1H3,(H,26,29);1H. The zero-order chi connectivity index (χ0) is 20.8. The minimum Gasteiger partial charge on any atom is -0.329 e. The Labute approximate surface area is 183 Å². The third-order valence-corrected chi connectivity index (χ3v) is 5.76. The summed E-state index contributed by atoms with van der Waals surface area (Å²) in [6, 6.07) is 11.8. The Hall–Kier alpha value is -3.23. The number of hydrogen-bond acceptors (Lipinski definition) is 5. The van der Waals surface area contributed by atoms with Crippen molar-refractivity contribution in [1.29, 1.82) is 0 Å². The van der Waals surface area contributed by atoms with Gasteiger partial charge in [0.1, 0.15) is 5.82 Å². The number of rotatable bonds is 3. The Morgan fingerprint density at radius 1 is 1.16 bits per heavy atom. The maximum atomic E-state index is 14.5. The molecule has 0 atom stereocenters. The van der Waals surface area contributed by atoms with E-state index < -0.39 is 5.82 Å². The van der Waals surface area contributed by atoms with Gasteiger partial charge in [0.15, 0.2) is 0 Å². The molecule has 31 heavy (non-hydrogen) atoms. The summed E-state index contributed by atoms with van der Waals surface area (Å²) in [5, 5.41) is 9.91. The minimum absolute atomic E-state index is 0. The summed E-state index contributed by atoms with van der Waals surface area (Å²) >= 11 is 0. The first-order valence-corrected chi connectivity index (χ1v) is 9.73. The summed E-state index contributed by atoms with van der Waals surface area (Å²) in [6.45, 7) is 1.68. The lowest BCUT2D eigenvalue weighted by atomic mass is 10.0. The molecule has 7 nitrogen and oxygen atoms in total. The lowest BCUT2D eigenvalue weighted by Gasteiger charge is -2.22. The number of carbonyl (C=O) groups excluding carboxylic acids is 1. The predicted molar refractivity (Wildman–Crippen MR) is 118 cm³/mol. The van der Waals surface area contributed by atoms with Gasteiger partial charge in [-0.05, 0) is 29.3 Å². The molecule has 2 aromatic carbocycles. The second kappa shape index (κ2) is 8.13. The smallest absolute Gasteiger partial charge is 0.272 e. The van der Waals surface area contributed by atoms with Gasteiger partial charge in [-0.15, -0.1) is 12.4 Å². The molecule has 0 unspecified atom stereocenters. The Bertz CT molecular complexity index is 1270. The second-order valence-electron chi connectivity index (χ2n) is 7.64. The molecule has 5 rings (SSSR count). The highest BCUT2D eigenvalue weighted by atomic mass is 35.5. The van der Waals surface area contributed by atoms with Gasteiger partial charge in [0.25, 0.3) is 11.5 Å². The third-order valence-electron chi connectivity index (χ3n) is 5.76. The molecule has 0 radical (unpaired) electrons. The molecule has 0 bridgehead atoms. The van der Waals surface area contributed by atoms with E-state index in [0.29, 0.717) is 37.1 Å². The highest BCUT2D eigenvalue weighted by Crippen LogP contribution is 2.26. The van der Waals surface area contributed by atoms with Gasteiger partial charge in [0.2, 0.25) is 0 Å². The van der Waals surface area contributed by atoms with Gasteiger partial charge in [0, 0.05) is 31.9 Å². The van der Waals surface area contributed by atoms with Gasteiger partial charge in [-0.2, -0.15) is 5.10 Å². The monoisotopic (exact) mass is 441 g/mol. The van der Waals surface area contributed by atoms with Crippen molar-refractivity contribution in [2.75, 3.05) is 26.7 Å². The average Bonchev–Trinajstić information content (AvgIpc) is 3.33. The zero-order valence-corrected chi connectivity index (χ0v) is 17.6. The lowest BCUT2D eigenvalue weighted by Crippen LogP contribution is -2.37. The maximum Gasteiger partial charge on any atom is 0.272 e. The summed E-state index contributed by atoms with van der Waals surface area (Å²) in [6.07, 6.45) is 0.374. The third kappa shape index (κ3) is 3.68. The van der Waals surface area contributed by atoms with Crippen molar-refractivity contribution in [3.8, 4) is 0 Å². The van der Waals surface area contributed by atoms with Crippen LogP contribution in [0.25, 0.3) is 10.8 Å². The molecule has 1 amide bonds. The van der Waals surface area contributed by atoms with Gasteiger partial charge >= 0.3 is 0 Å². The van der Waals surface area contributed by atoms with E-state index in [9.17, 15) is 14.0 Å². The highest BCUT2D eigenvalue weighted by Gasteiger charge is 2.32. The fraction of sp³-hybridized carbons (Fsp3) is 0.227. The fourth-order valence-electron chi connectivity index (χ4n) is 4.14. The topological polar surface area (TPSA) is 81.3 Å². The number of nitrogens with one attached hydrogen (secondary N) is 2. The van der Waals surface area contributed by atoms with E-state index >= 15 is 0 Å². The van der Waals surface area contributed by atoms with Crippen molar-refractivity contribution in [3.05, 3.63) is 86.7 Å². The quantitative estimate of drug-likeness (QED) is 0.651. The maximum absolute atomic E-state index is 14.5. The number of aromatic amines is 1. The molecule has 2 aliphatic heterocycles. The Morgan fingerprint density at radius 3 is 2.71 bits per heavy atom. The number of amides is 1. The molecule has 0 saturated heterocycles. The fourth-order valence-corrected chi connectivity index (χ4v) is 4.14. The normalized spacial score (nSPS) is 15.4. The van der Waals surface area contributed by atoms with Crippen LogP contribution in [-0.4, -0.2) is 52.7 Å². The SMILES string of the molecule is CN1NCC2=C1CN(C(=O)c1cc(Cc3n[nH]c(=O)c4ccccc34)ccc1F)C2.Cl. The first-order chi connectivity index (χ1) is 14.5. The van der Waals surface area contributed by atoms with E-state index in [1.54, 1.807) is 29.2 Å². The van der Waals surface area contributed by atoms with Crippen LogP contribution in [0.5, 0.6) is 0 Å². The largest absolute Gasteiger partial charge is 0.329 e. The van der Waals surface area contributed by atoms with Crippen LogP contribution in [0.4, 0.5) is 4.39 Å². The van der Waals surface area contributed by atoms with Gasteiger partial charge in [-0.1, -0.05) is 24.3 Å². The van der Waals surface area contributed by atoms with Gasteiger partial charge in [-0.25, -0.2) is 14.9 Å². The van der Waals surface area contributed by atoms with Gasteiger partial charge in [0.05, 0.1) is 28.9 Å². The van der Waals surface area contributed by atoms with Crippen molar-refractivity contribution in [1.82, 2.24) is 25.5 Å². The molecular formula is C22H21ClFN5O2. The molecule has 2 aliphatic rings. The number of hydrazine groups is 1. The zero-order valence-electron chi connectivity index (χ0n) is 16.8. The van der Waals surface area contributed by atoms with E-state index in [2.05, 4.69) is 15.6 Å². The number of likely N-dealkylation sites (N-methyl/N-ethyl adjacent to an activating group) is 1. The molecule has 0 saturated carbocycles. The summed E-state index contributed by atoms with van der Waals surface area (Å²) in [7, 11) is 1.92. The summed E-state index contributed by atoms with van der Waals surface area (Å²) < 4.78 is 14.5. The average molecular weight is 442 g/mol. The Kier molecular flexibility index (Phi) is 5.51. The number of benzene rings is 2. The van der Waals surface area contributed by atoms with Crippen molar-refractivity contribution < 1.29 is 9.18 Å². The molecule has 9 heteroatoms. The van der Waals surface area contributed by atoms with E-state index in [-0.39, 0.29) is 29.4 Å². The lowest BCUT2D eigenvalue weighted by molar-refractivity contribution is 0.0780. The molecule has 0 spiro atoms. The molecule has 1 aromatic heterocycles. The van der Waals surface area contributed by atoms with Gasteiger partial charge in [-0.3, -0.25) is 9.59 Å². The van der Waals surface area contributed by atoms with Crippen molar-refractivity contribution in [2.24, 2.45) is 0 Å². The van der Waals surface area contributed by atoms with Crippen LogP contribution in [0.15, 0.2) is 58.5 Å². The number of nitrogens with zero attached hydrogens (tertiary/aromatic N) is 3. The van der Waals surface area contributed by atoms with Crippen LogP contribution in [0.3, 0.4) is 0 Å². The van der Waals surface area contributed by atoms with Crippen molar-refractivity contribution in [3.63, 3.8) is 0 Å². The molecule has 0 aliphatic carbocycles. The van der Waals surface area contributed by atoms with Crippen LogP contribution in [0, 0.1) is 5.82 Å². The van der Waals surface area contributed by atoms with E-state index in [4.69, 9.17) is 0 Å². The van der Waals surface area contributed by atoms with Crippen LogP contribution in [0.1, 0.15) is 21.6 Å². The Morgan fingerprint density at radius 2 is 1.94 bits per heavy atom. The predicted octanol–water partition coefficient (Wildman–Crippen LogP) is 2.23. The van der Waals surface area contributed by atoms with Crippen LogP contribution < -0.4 is 11.0 Å². The van der Waals surface area contributed by atoms with Crippen LogP contribution in [-0.2, 0) is 6.42 Å². The van der Waals surface area contributed by atoms with Crippen molar-refractivity contribution >= 4 is 29.1 Å². The molecule has 0 fully saturated rings. The number of carbonyl (C=O) groups is 1. The van der Waals surface area contributed by atoms with Crippen LogP contribution >= 0.6 is 12.4 Å². The number of hydrogen-bond donors (Lipinski definition) is 2. The molecule has 2 N–H and O–H groups in total. The summed E-state index contributed by atoms with van der Waals surface area (Å²) in [5.41, 5.74) is 6.66. The number of H-pyrrole nitrogens is 1. The minimum atomic E-state index is -0.540. The highest BCUT2D eigenvalue weighted by molar-refractivity contribution is 5.95. The number of halogens is 2. The Balaban J connectivity index is 0.00000231. The molecule has 3 aromatic rings. The summed E-state index contributed by atoms with van der Waals surface area (Å²) in [4.78, 5) is 26.7. The van der Waals surface area contributed by atoms with E-state index in [1.807, 2.05) is 24.2 Å². The molecule has 160 valence electrons. The second-order valence-corrected chi connectivity index (χ2v) is 7.64. The van der Waals surface area contributed by atoms with Gasteiger partial charge < -0.3 is 9.91 Å². The first kappa shape index (κ1) is 21.0. The number of aromatic nitrogens is 2. The molecular weight excluding hydrogens is 421 g/mol. The summed E-state index contributed by atoms with van der Waals surface area (Å²) in [5.74, 6) is -0.863. The first-order valence-electron chi connectivity index (χ1n) is 9.73. The van der Waals surface area contributed by atoms with Crippen LogP contribution in [0.2, 0.25) is 0 Å². The van der Waals surface area contributed by atoms with E-state index in [0.717, 1.165) is 22.2 Å². The van der Waals surface area contributed by atoms with Crippen molar-refractivity contribution in [2.45, 2.75) is 6.42 Å².